The summed E-state index contributed by atoms with van der Waals surface area (Å²) < 4.78 is 77.2. The van der Waals surface area contributed by atoms with E-state index in [2.05, 4.69) is 42.4 Å². The Morgan fingerprint density at radius 1 is 1.11 bits per heavy atom. The minimum atomic E-state index is -4.86. The standard InChI is InChI=1S/C30H38F4N8O3.C2H6/c1-16-5-8-36-9-10-37-25-20-24(40-27(41-25)44-15-29(6-7-29)14-42-12-28(3,13-42)43-4)22(31)23(39-26(20)45-16)18-11-19(35)38-17(2)21(18)30(32,33)34;1-2/h11,16,36H,5-10,12-15H2,1-4H3,(H2,35,38)(H,37,40,41);1-2H3. The van der Waals surface area contributed by atoms with E-state index in [-0.39, 0.29) is 45.4 Å². The molecule has 258 valence electrons. The van der Waals surface area contributed by atoms with Gasteiger partial charge in [-0.2, -0.15) is 23.1 Å². The van der Waals surface area contributed by atoms with Crippen LogP contribution in [0.2, 0.25) is 0 Å². The van der Waals surface area contributed by atoms with E-state index in [0.29, 0.717) is 32.7 Å². The number of pyridine rings is 2. The Hall–Kier alpha value is -3.56. The maximum Gasteiger partial charge on any atom is 0.418 e. The van der Waals surface area contributed by atoms with Crippen LogP contribution in [0.3, 0.4) is 0 Å². The molecule has 2 fully saturated rings. The van der Waals surface area contributed by atoms with Crippen molar-refractivity contribution in [2.24, 2.45) is 5.41 Å². The fourth-order valence-corrected chi connectivity index (χ4v) is 6.12. The number of methoxy groups -OCH3 is 1. The van der Waals surface area contributed by atoms with Gasteiger partial charge in [-0.15, -0.1) is 0 Å². The maximum atomic E-state index is 16.5. The molecule has 0 amide bonds. The molecule has 1 saturated carbocycles. The Bertz CT molecular complexity index is 1600. The molecule has 4 N–H and O–H groups in total. The quantitative estimate of drug-likeness (QED) is 0.288. The van der Waals surface area contributed by atoms with Crippen LogP contribution in [0.15, 0.2) is 6.07 Å². The zero-order valence-corrected chi connectivity index (χ0v) is 27.8. The third kappa shape index (κ3) is 7.46. The predicted octanol–water partition coefficient (Wildman–Crippen LogP) is 5.21. The van der Waals surface area contributed by atoms with Gasteiger partial charge in [0.2, 0.25) is 5.88 Å². The Morgan fingerprint density at radius 2 is 1.83 bits per heavy atom. The van der Waals surface area contributed by atoms with Crippen molar-refractivity contribution in [1.82, 2.24) is 30.2 Å². The second-order valence-corrected chi connectivity index (χ2v) is 12.7. The van der Waals surface area contributed by atoms with Crippen LogP contribution in [-0.2, 0) is 10.9 Å². The molecule has 0 bridgehead atoms. The summed E-state index contributed by atoms with van der Waals surface area (Å²) in [7, 11) is 1.71. The average Bonchev–Trinajstić information content (AvgIpc) is 3.77. The molecule has 5 heterocycles. The van der Waals surface area contributed by atoms with E-state index < -0.39 is 40.6 Å². The number of rotatable bonds is 7. The number of nitrogens with zero attached hydrogens (tertiary/aromatic N) is 5. The number of hydrogen-bond acceptors (Lipinski definition) is 11. The van der Waals surface area contributed by atoms with Crippen LogP contribution in [-0.4, -0.2) is 89.5 Å². The number of nitrogens with two attached hydrogens (primary N) is 1. The highest BCUT2D eigenvalue weighted by Crippen LogP contribution is 2.48. The molecular formula is C32H44F4N8O3. The minimum Gasteiger partial charge on any atom is -0.474 e. The number of halogens is 4. The van der Waals surface area contributed by atoms with Crippen molar-refractivity contribution in [1.29, 1.82) is 0 Å². The van der Waals surface area contributed by atoms with E-state index in [1.54, 1.807) is 14.0 Å². The predicted molar refractivity (Wildman–Crippen MR) is 171 cm³/mol. The Balaban J connectivity index is 0.00000213. The van der Waals surface area contributed by atoms with Crippen LogP contribution < -0.4 is 25.8 Å². The molecule has 2 aliphatic heterocycles. The highest BCUT2D eigenvalue weighted by atomic mass is 19.4. The van der Waals surface area contributed by atoms with Crippen LogP contribution in [0, 0.1) is 18.2 Å². The third-order valence-corrected chi connectivity index (χ3v) is 8.76. The molecule has 6 rings (SSSR count). The highest BCUT2D eigenvalue weighted by molar-refractivity contribution is 5.96. The number of ether oxygens (including phenoxy) is 3. The van der Waals surface area contributed by atoms with Gasteiger partial charge < -0.3 is 30.6 Å². The SMILES string of the molecule is CC.COC1(C)CN(CC2(COc3nc4c5c(nc(-c6cc(N)nc(C)c6C(F)(F)F)c(F)c5n3)OC(C)CCNCCN4)CC2)C1. The number of nitrogens with one attached hydrogen (secondary N) is 2. The number of likely N-dealkylation sites (tertiary alicyclic amines) is 1. The van der Waals surface area contributed by atoms with Crippen LogP contribution in [0.1, 0.15) is 58.2 Å². The lowest BCUT2D eigenvalue weighted by atomic mass is 9.94. The highest BCUT2D eigenvalue weighted by Gasteiger charge is 2.49. The summed E-state index contributed by atoms with van der Waals surface area (Å²) in [6.07, 6.45) is -2.77. The van der Waals surface area contributed by atoms with Crippen molar-refractivity contribution in [3.63, 3.8) is 0 Å². The summed E-state index contributed by atoms with van der Waals surface area (Å²) in [5.74, 6) is -1.17. The third-order valence-electron chi connectivity index (χ3n) is 8.76. The first-order valence-corrected chi connectivity index (χ1v) is 16.1. The summed E-state index contributed by atoms with van der Waals surface area (Å²) >= 11 is 0. The average molecular weight is 665 g/mol. The molecule has 47 heavy (non-hydrogen) atoms. The fourth-order valence-electron chi connectivity index (χ4n) is 6.12. The normalized spacial score (nSPS) is 20.5. The number of nitrogen functional groups attached to an aromatic ring is 1. The van der Waals surface area contributed by atoms with Crippen LogP contribution in [0.25, 0.3) is 22.2 Å². The number of aromatic nitrogens is 4. The van der Waals surface area contributed by atoms with Gasteiger partial charge >= 0.3 is 12.2 Å². The summed E-state index contributed by atoms with van der Waals surface area (Å²) in [6.45, 7) is 13.4. The summed E-state index contributed by atoms with van der Waals surface area (Å²) in [5.41, 5.74) is 2.63. The topological polar surface area (TPSA) is 133 Å². The molecule has 1 unspecified atom stereocenters. The van der Waals surface area contributed by atoms with Gasteiger partial charge in [0.1, 0.15) is 28.2 Å². The molecule has 11 nitrogen and oxygen atoms in total. The van der Waals surface area contributed by atoms with E-state index in [1.807, 2.05) is 13.8 Å². The lowest BCUT2D eigenvalue weighted by Gasteiger charge is -2.48. The van der Waals surface area contributed by atoms with Gasteiger partial charge in [0.05, 0.1) is 29.6 Å². The second-order valence-electron chi connectivity index (χ2n) is 12.7. The first-order chi connectivity index (χ1) is 22.3. The maximum absolute atomic E-state index is 16.5. The van der Waals surface area contributed by atoms with Crippen molar-refractivity contribution in [2.75, 3.05) is 64.0 Å². The lowest BCUT2D eigenvalue weighted by molar-refractivity contribution is -0.137. The van der Waals surface area contributed by atoms with Crippen LogP contribution in [0.5, 0.6) is 11.9 Å². The number of anilines is 2. The number of aryl methyl sites for hydroxylation is 1. The van der Waals surface area contributed by atoms with Crippen molar-refractivity contribution in [3.8, 4) is 23.1 Å². The first kappa shape index (κ1) is 34.8. The molecular weight excluding hydrogens is 620 g/mol. The fraction of sp³-hybridized carbons (Fsp3) is 0.625. The van der Waals surface area contributed by atoms with E-state index in [0.717, 1.165) is 38.5 Å². The largest absolute Gasteiger partial charge is 0.474 e. The van der Waals surface area contributed by atoms with Crippen molar-refractivity contribution in [2.45, 2.75) is 71.8 Å². The smallest absolute Gasteiger partial charge is 0.418 e. The van der Waals surface area contributed by atoms with E-state index in [1.165, 1.54) is 6.92 Å². The molecule has 3 aromatic heterocycles. The van der Waals surface area contributed by atoms with Crippen molar-refractivity contribution < 1.29 is 31.8 Å². The Morgan fingerprint density at radius 3 is 2.49 bits per heavy atom. The molecule has 15 heteroatoms. The van der Waals surface area contributed by atoms with E-state index >= 15 is 4.39 Å². The van der Waals surface area contributed by atoms with E-state index in [9.17, 15) is 13.2 Å². The molecule has 3 aliphatic rings. The summed E-state index contributed by atoms with van der Waals surface area (Å²) in [4.78, 5) is 19.4. The number of alkyl halides is 3. The summed E-state index contributed by atoms with van der Waals surface area (Å²) in [6, 6.07) is 0.873. The van der Waals surface area contributed by atoms with Crippen LogP contribution >= 0.6 is 0 Å². The monoisotopic (exact) mass is 664 g/mol. The number of hydrogen-bond donors (Lipinski definition) is 3. The molecule has 1 aliphatic carbocycles. The molecule has 0 radical (unpaired) electrons. The first-order valence-electron chi connectivity index (χ1n) is 16.1. The lowest BCUT2D eigenvalue weighted by Crippen LogP contribution is -2.62. The van der Waals surface area contributed by atoms with E-state index in [4.69, 9.17) is 19.9 Å². The van der Waals surface area contributed by atoms with Crippen molar-refractivity contribution >= 4 is 22.5 Å². The molecule has 0 aromatic carbocycles. The Labute approximate surface area is 272 Å². The van der Waals surface area contributed by atoms with Gasteiger partial charge in [0.25, 0.3) is 0 Å². The van der Waals surface area contributed by atoms with Crippen molar-refractivity contribution in [3.05, 3.63) is 23.1 Å². The molecule has 0 spiro atoms. The van der Waals surface area contributed by atoms with Crippen LogP contribution in [0.4, 0.5) is 29.2 Å². The van der Waals surface area contributed by atoms with Gasteiger partial charge in [-0.25, -0.2) is 14.4 Å². The molecule has 1 atom stereocenters. The molecule has 3 aromatic rings. The zero-order valence-electron chi connectivity index (χ0n) is 27.8. The Kier molecular flexibility index (Phi) is 10.00. The molecule has 1 saturated heterocycles. The van der Waals surface area contributed by atoms with Gasteiger partial charge in [-0.3, -0.25) is 4.90 Å². The van der Waals surface area contributed by atoms with Gasteiger partial charge in [-0.05, 0) is 52.6 Å². The van der Waals surface area contributed by atoms with Gasteiger partial charge in [-0.1, -0.05) is 13.8 Å². The van der Waals surface area contributed by atoms with Gasteiger partial charge in [0.15, 0.2) is 5.82 Å². The summed E-state index contributed by atoms with van der Waals surface area (Å²) in [5, 5.41) is 6.60. The zero-order chi connectivity index (χ0) is 34.1. The van der Waals surface area contributed by atoms with Gasteiger partial charge in [0, 0.05) is 50.8 Å². The second kappa shape index (κ2) is 13.5. The minimum absolute atomic E-state index is 0.0938.